The maximum Gasteiger partial charge on any atom is 0.354 e. The standard InChI is InChI=1S/C13H15N3O4/c1-16-11(17)6-5-9(12(16)18)14-7-8-3-2-4-10(15-8)13(19)20/h2-4,9,14H,5-7H2,1H3,(H,19,20). The number of hydrogen-bond acceptors (Lipinski definition) is 5. The third kappa shape index (κ3) is 3.00. The van der Waals surface area contributed by atoms with Crippen molar-refractivity contribution in [2.75, 3.05) is 7.05 Å². The number of carboxylic acid groups (broad SMARTS) is 1. The number of likely N-dealkylation sites (tertiary alicyclic amines) is 1. The Balaban J connectivity index is 1.98. The predicted octanol–water partition coefficient (Wildman–Crippen LogP) is 0.0168. The van der Waals surface area contributed by atoms with E-state index in [4.69, 9.17) is 5.11 Å². The third-order valence-electron chi connectivity index (χ3n) is 3.21. The SMILES string of the molecule is CN1C(=O)CCC(NCc2cccc(C(=O)O)n2)C1=O. The summed E-state index contributed by atoms with van der Waals surface area (Å²) in [6, 6.07) is 4.25. The number of pyridine rings is 1. The molecule has 0 saturated carbocycles. The molecule has 2 N–H and O–H groups in total. The largest absolute Gasteiger partial charge is 0.477 e. The van der Waals surface area contributed by atoms with Gasteiger partial charge in [0, 0.05) is 20.0 Å². The van der Waals surface area contributed by atoms with Crippen molar-refractivity contribution >= 4 is 17.8 Å². The first kappa shape index (κ1) is 14.1. The number of nitrogens with zero attached hydrogens (tertiary/aromatic N) is 2. The zero-order valence-electron chi connectivity index (χ0n) is 11.0. The number of carbonyl (C=O) groups is 3. The Hall–Kier alpha value is -2.28. The zero-order valence-corrected chi connectivity index (χ0v) is 11.0. The smallest absolute Gasteiger partial charge is 0.354 e. The van der Waals surface area contributed by atoms with E-state index < -0.39 is 12.0 Å². The fourth-order valence-corrected chi connectivity index (χ4v) is 2.03. The van der Waals surface area contributed by atoms with Crippen molar-refractivity contribution in [1.82, 2.24) is 15.2 Å². The molecule has 0 spiro atoms. The van der Waals surface area contributed by atoms with Crippen LogP contribution in [0.15, 0.2) is 18.2 Å². The Bertz CT molecular complexity index is 558. The summed E-state index contributed by atoms with van der Waals surface area (Å²) in [5.41, 5.74) is 0.504. The van der Waals surface area contributed by atoms with E-state index in [1.54, 1.807) is 12.1 Å². The highest BCUT2D eigenvalue weighted by Gasteiger charge is 2.31. The van der Waals surface area contributed by atoms with Crippen molar-refractivity contribution in [2.24, 2.45) is 0 Å². The fourth-order valence-electron chi connectivity index (χ4n) is 2.03. The first-order valence-corrected chi connectivity index (χ1v) is 6.22. The van der Waals surface area contributed by atoms with Crippen molar-refractivity contribution in [3.8, 4) is 0 Å². The fraction of sp³-hybridized carbons (Fsp3) is 0.385. The van der Waals surface area contributed by atoms with E-state index in [1.165, 1.54) is 13.1 Å². The average Bonchev–Trinajstić information content (AvgIpc) is 2.44. The van der Waals surface area contributed by atoms with Crippen molar-refractivity contribution in [1.29, 1.82) is 0 Å². The number of imide groups is 1. The first-order valence-electron chi connectivity index (χ1n) is 6.22. The van der Waals surface area contributed by atoms with Crippen LogP contribution >= 0.6 is 0 Å². The van der Waals surface area contributed by atoms with Gasteiger partial charge in [-0.15, -0.1) is 0 Å². The number of carbonyl (C=O) groups excluding carboxylic acids is 2. The van der Waals surface area contributed by atoms with E-state index in [1.807, 2.05) is 0 Å². The number of nitrogens with one attached hydrogen (secondary N) is 1. The number of likely N-dealkylation sites (N-methyl/N-ethyl adjacent to an activating group) is 1. The Morgan fingerprint density at radius 2 is 2.25 bits per heavy atom. The van der Waals surface area contributed by atoms with Crippen LogP contribution in [0.4, 0.5) is 0 Å². The van der Waals surface area contributed by atoms with Crippen LogP contribution in [0.5, 0.6) is 0 Å². The molecule has 2 heterocycles. The molecule has 1 aromatic rings. The molecule has 106 valence electrons. The van der Waals surface area contributed by atoms with E-state index in [-0.39, 0.29) is 24.1 Å². The second kappa shape index (κ2) is 5.79. The van der Waals surface area contributed by atoms with Crippen molar-refractivity contribution in [3.63, 3.8) is 0 Å². The number of amides is 2. The predicted molar refractivity (Wildman–Crippen MR) is 68.8 cm³/mol. The minimum absolute atomic E-state index is 0.0356. The van der Waals surface area contributed by atoms with Gasteiger partial charge in [-0.25, -0.2) is 9.78 Å². The zero-order chi connectivity index (χ0) is 14.7. The molecule has 0 aromatic carbocycles. The van der Waals surface area contributed by atoms with E-state index in [9.17, 15) is 14.4 Å². The number of aromatic nitrogens is 1. The van der Waals surface area contributed by atoms with Crippen LogP contribution in [0.2, 0.25) is 0 Å². The van der Waals surface area contributed by atoms with Gasteiger partial charge < -0.3 is 10.4 Å². The lowest BCUT2D eigenvalue weighted by atomic mass is 10.0. The van der Waals surface area contributed by atoms with E-state index in [2.05, 4.69) is 10.3 Å². The van der Waals surface area contributed by atoms with Crippen LogP contribution < -0.4 is 5.32 Å². The Morgan fingerprint density at radius 3 is 2.95 bits per heavy atom. The Labute approximate surface area is 115 Å². The van der Waals surface area contributed by atoms with E-state index in [0.29, 0.717) is 18.5 Å². The van der Waals surface area contributed by atoms with Gasteiger partial charge in [0.2, 0.25) is 11.8 Å². The summed E-state index contributed by atoms with van der Waals surface area (Å²) in [5, 5.41) is 11.9. The highest BCUT2D eigenvalue weighted by Crippen LogP contribution is 2.12. The highest BCUT2D eigenvalue weighted by molar-refractivity contribution is 6.00. The summed E-state index contributed by atoms with van der Waals surface area (Å²) >= 11 is 0. The van der Waals surface area contributed by atoms with Gasteiger partial charge in [0.05, 0.1) is 11.7 Å². The number of aromatic carboxylic acids is 1. The van der Waals surface area contributed by atoms with Crippen LogP contribution in [0.25, 0.3) is 0 Å². The molecule has 0 bridgehead atoms. The second-order valence-electron chi connectivity index (χ2n) is 4.58. The van der Waals surface area contributed by atoms with Gasteiger partial charge in [-0.2, -0.15) is 0 Å². The van der Waals surface area contributed by atoms with Gasteiger partial charge in [0.15, 0.2) is 0 Å². The maximum atomic E-state index is 11.9. The Morgan fingerprint density at radius 1 is 1.50 bits per heavy atom. The molecule has 2 amide bonds. The van der Waals surface area contributed by atoms with Gasteiger partial charge in [0.1, 0.15) is 5.69 Å². The summed E-state index contributed by atoms with van der Waals surface area (Å²) in [5.74, 6) is -1.54. The maximum absolute atomic E-state index is 11.9. The third-order valence-corrected chi connectivity index (χ3v) is 3.21. The molecule has 7 nitrogen and oxygen atoms in total. The van der Waals surface area contributed by atoms with Crippen LogP contribution in [0.3, 0.4) is 0 Å². The molecule has 7 heteroatoms. The lowest BCUT2D eigenvalue weighted by Crippen LogP contribution is -2.51. The quantitative estimate of drug-likeness (QED) is 0.752. The summed E-state index contributed by atoms with van der Waals surface area (Å²) in [4.78, 5) is 39.1. The van der Waals surface area contributed by atoms with E-state index >= 15 is 0 Å². The van der Waals surface area contributed by atoms with Gasteiger partial charge >= 0.3 is 5.97 Å². The van der Waals surface area contributed by atoms with Gasteiger partial charge in [0.25, 0.3) is 0 Å². The molecule has 20 heavy (non-hydrogen) atoms. The molecule has 1 atom stereocenters. The van der Waals surface area contributed by atoms with Gasteiger partial charge in [-0.3, -0.25) is 14.5 Å². The average molecular weight is 277 g/mol. The lowest BCUT2D eigenvalue weighted by molar-refractivity contribution is -0.148. The van der Waals surface area contributed by atoms with Crippen molar-refractivity contribution < 1.29 is 19.5 Å². The van der Waals surface area contributed by atoms with Crippen molar-refractivity contribution in [2.45, 2.75) is 25.4 Å². The normalized spacial score (nSPS) is 19.2. The molecule has 1 aliphatic heterocycles. The molecule has 1 aromatic heterocycles. The molecule has 0 aliphatic carbocycles. The minimum atomic E-state index is -1.09. The molecule has 2 rings (SSSR count). The van der Waals surface area contributed by atoms with Crippen LogP contribution in [0, 0.1) is 0 Å². The number of hydrogen-bond donors (Lipinski definition) is 2. The van der Waals surface area contributed by atoms with Crippen LogP contribution in [0.1, 0.15) is 29.0 Å². The summed E-state index contributed by atoms with van der Waals surface area (Å²) in [7, 11) is 1.46. The molecule has 1 saturated heterocycles. The van der Waals surface area contributed by atoms with Crippen LogP contribution in [-0.2, 0) is 16.1 Å². The summed E-state index contributed by atoms with van der Waals surface area (Å²) in [6.07, 6.45) is 0.767. The number of piperidine rings is 1. The summed E-state index contributed by atoms with van der Waals surface area (Å²) < 4.78 is 0. The topological polar surface area (TPSA) is 99.6 Å². The molecular formula is C13H15N3O4. The molecule has 1 aliphatic rings. The molecule has 1 fully saturated rings. The lowest BCUT2D eigenvalue weighted by Gasteiger charge is -2.28. The summed E-state index contributed by atoms with van der Waals surface area (Å²) in [6.45, 7) is 0.277. The monoisotopic (exact) mass is 277 g/mol. The highest BCUT2D eigenvalue weighted by atomic mass is 16.4. The van der Waals surface area contributed by atoms with Gasteiger partial charge in [-0.1, -0.05) is 6.07 Å². The molecular weight excluding hydrogens is 262 g/mol. The van der Waals surface area contributed by atoms with E-state index in [0.717, 1.165) is 4.90 Å². The minimum Gasteiger partial charge on any atom is -0.477 e. The number of carboxylic acids is 1. The molecule has 1 unspecified atom stereocenters. The van der Waals surface area contributed by atoms with Crippen molar-refractivity contribution in [3.05, 3.63) is 29.6 Å². The second-order valence-corrected chi connectivity index (χ2v) is 4.58. The Kier molecular flexibility index (Phi) is 4.09. The first-order chi connectivity index (χ1) is 9.49. The van der Waals surface area contributed by atoms with Gasteiger partial charge in [-0.05, 0) is 18.6 Å². The van der Waals surface area contributed by atoms with Crippen LogP contribution in [-0.4, -0.2) is 45.9 Å². The molecule has 0 radical (unpaired) electrons. The number of rotatable bonds is 4.